The van der Waals surface area contributed by atoms with Crippen LogP contribution in [-0.2, 0) is 11.3 Å². The van der Waals surface area contributed by atoms with Gasteiger partial charge in [0, 0.05) is 11.4 Å². The first-order valence-corrected chi connectivity index (χ1v) is 7.18. The maximum Gasteiger partial charge on any atom is 0.234 e. The molecule has 0 saturated heterocycles. The van der Waals surface area contributed by atoms with E-state index in [-0.39, 0.29) is 12.5 Å². The van der Waals surface area contributed by atoms with Crippen molar-refractivity contribution in [2.24, 2.45) is 0 Å². The molecule has 0 radical (unpaired) electrons. The SMILES string of the molecule is CCCN(CCO)CC(=O)NCc1sccc1C. The molecule has 1 heterocycles. The minimum atomic E-state index is 0.0182. The van der Waals surface area contributed by atoms with Crippen molar-refractivity contribution in [2.75, 3.05) is 26.2 Å². The van der Waals surface area contributed by atoms with Gasteiger partial charge in [0.05, 0.1) is 19.7 Å². The van der Waals surface area contributed by atoms with Gasteiger partial charge in [-0.15, -0.1) is 11.3 Å². The molecule has 0 aliphatic carbocycles. The average molecular weight is 270 g/mol. The summed E-state index contributed by atoms with van der Waals surface area (Å²) in [5.74, 6) is 0.0182. The van der Waals surface area contributed by atoms with Gasteiger partial charge in [0.25, 0.3) is 0 Å². The lowest BCUT2D eigenvalue weighted by atomic mass is 10.3. The van der Waals surface area contributed by atoms with Crippen LogP contribution in [-0.4, -0.2) is 42.2 Å². The summed E-state index contributed by atoms with van der Waals surface area (Å²) in [6.07, 6.45) is 0.983. The fourth-order valence-corrected chi connectivity index (χ4v) is 2.60. The molecule has 5 heteroatoms. The quantitative estimate of drug-likeness (QED) is 0.750. The van der Waals surface area contributed by atoms with Gasteiger partial charge in [0.1, 0.15) is 0 Å². The monoisotopic (exact) mass is 270 g/mol. The van der Waals surface area contributed by atoms with Crippen molar-refractivity contribution in [1.82, 2.24) is 10.2 Å². The summed E-state index contributed by atoms with van der Waals surface area (Å²) in [5.41, 5.74) is 1.22. The molecule has 0 fully saturated rings. The van der Waals surface area contributed by atoms with E-state index in [9.17, 15) is 4.79 Å². The number of rotatable bonds is 8. The van der Waals surface area contributed by atoms with Crippen LogP contribution in [0.3, 0.4) is 0 Å². The molecule has 18 heavy (non-hydrogen) atoms. The largest absolute Gasteiger partial charge is 0.395 e. The Kier molecular flexibility index (Phi) is 6.93. The van der Waals surface area contributed by atoms with E-state index in [1.807, 2.05) is 17.2 Å². The van der Waals surface area contributed by atoms with Crippen LogP contribution < -0.4 is 5.32 Å². The predicted molar refractivity (Wildman–Crippen MR) is 74.7 cm³/mol. The van der Waals surface area contributed by atoms with Crippen molar-refractivity contribution in [3.05, 3.63) is 21.9 Å². The molecule has 1 amide bonds. The van der Waals surface area contributed by atoms with Gasteiger partial charge in [-0.2, -0.15) is 0 Å². The molecule has 0 aliphatic heterocycles. The van der Waals surface area contributed by atoms with Gasteiger partial charge in [-0.3, -0.25) is 9.69 Å². The first kappa shape index (κ1) is 15.1. The number of aryl methyl sites for hydroxylation is 1. The van der Waals surface area contributed by atoms with Gasteiger partial charge in [-0.05, 0) is 36.9 Å². The molecule has 2 N–H and O–H groups in total. The summed E-state index contributed by atoms with van der Waals surface area (Å²) < 4.78 is 0. The Labute approximate surface area is 113 Å². The smallest absolute Gasteiger partial charge is 0.234 e. The Morgan fingerprint density at radius 3 is 2.83 bits per heavy atom. The molecule has 1 rings (SSSR count). The maximum absolute atomic E-state index is 11.8. The average Bonchev–Trinajstić information content (AvgIpc) is 2.73. The second kappa shape index (κ2) is 8.24. The van der Waals surface area contributed by atoms with Crippen molar-refractivity contribution in [2.45, 2.75) is 26.8 Å². The number of thiophene rings is 1. The number of carbonyl (C=O) groups is 1. The molecule has 0 unspecified atom stereocenters. The number of hydrogen-bond donors (Lipinski definition) is 2. The highest BCUT2D eigenvalue weighted by molar-refractivity contribution is 7.10. The lowest BCUT2D eigenvalue weighted by molar-refractivity contribution is -0.122. The second-order valence-electron chi connectivity index (χ2n) is 4.30. The first-order valence-electron chi connectivity index (χ1n) is 6.30. The van der Waals surface area contributed by atoms with Crippen molar-refractivity contribution in [3.8, 4) is 0 Å². The van der Waals surface area contributed by atoms with E-state index in [1.165, 1.54) is 10.4 Å². The zero-order chi connectivity index (χ0) is 13.4. The van der Waals surface area contributed by atoms with Crippen LogP contribution in [0.25, 0.3) is 0 Å². The summed E-state index contributed by atoms with van der Waals surface area (Å²) in [4.78, 5) is 15.0. The Bertz CT molecular complexity index is 360. The molecular formula is C13H22N2O2S. The summed E-state index contributed by atoms with van der Waals surface area (Å²) in [7, 11) is 0. The molecule has 0 atom stereocenters. The van der Waals surface area contributed by atoms with Gasteiger partial charge >= 0.3 is 0 Å². The van der Waals surface area contributed by atoms with E-state index in [0.717, 1.165) is 13.0 Å². The Hall–Kier alpha value is -0.910. The molecule has 0 saturated carbocycles. The maximum atomic E-state index is 11.8. The van der Waals surface area contributed by atoms with Crippen molar-refractivity contribution < 1.29 is 9.90 Å². The van der Waals surface area contributed by atoms with Gasteiger partial charge in [-0.25, -0.2) is 0 Å². The second-order valence-corrected chi connectivity index (χ2v) is 5.30. The number of amides is 1. The lowest BCUT2D eigenvalue weighted by Crippen LogP contribution is -2.38. The Morgan fingerprint density at radius 1 is 1.50 bits per heavy atom. The predicted octanol–water partition coefficient (Wildman–Crippen LogP) is 1.38. The number of carbonyl (C=O) groups excluding carboxylic acids is 1. The van der Waals surface area contributed by atoms with Crippen molar-refractivity contribution in [1.29, 1.82) is 0 Å². The van der Waals surface area contributed by atoms with Crippen molar-refractivity contribution >= 4 is 17.2 Å². The molecule has 0 aromatic carbocycles. The van der Waals surface area contributed by atoms with Crippen LogP contribution in [0.4, 0.5) is 0 Å². The third-order valence-corrected chi connectivity index (χ3v) is 3.76. The first-order chi connectivity index (χ1) is 8.67. The number of hydrogen-bond acceptors (Lipinski definition) is 4. The third-order valence-electron chi connectivity index (χ3n) is 2.74. The Balaban J connectivity index is 2.33. The number of aliphatic hydroxyl groups excluding tert-OH is 1. The standard InChI is InChI=1S/C13H22N2O2S/c1-3-5-15(6-7-16)10-13(17)14-9-12-11(2)4-8-18-12/h4,8,16H,3,5-7,9-10H2,1-2H3,(H,14,17). The van der Waals surface area contributed by atoms with E-state index in [1.54, 1.807) is 11.3 Å². The van der Waals surface area contributed by atoms with E-state index in [2.05, 4.69) is 18.3 Å². The lowest BCUT2D eigenvalue weighted by Gasteiger charge is -2.19. The van der Waals surface area contributed by atoms with E-state index in [4.69, 9.17) is 5.11 Å². The van der Waals surface area contributed by atoms with Crippen LogP contribution in [0.5, 0.6) is 0 Å². The van der Waals surface area contributed by atoms with Crippen LogP contribution >= 0.6 is 11.3 Å². The van der Waals surface area contributed by atoms with E-state index < -0.39 is 0 Å². The van der Waals surface area contributed by atoms with Gasteiger partial charge < -0.3 is 10.4 Å². The van der Waals surface area contributed by atoms with Crippen LogP contribution in [0, 0.1) is 6.92 Å². The Morgan fingerprint density at radius 2 is 2.28 bits per heavy atom. The zero-order valence-corrected chi connectivity index (χ0v) is 11.9. The third kappa shape index (κ3) is 5.16. The molecule has 0 spiro atoms. The van der Waals surface area contributed by atoms with Crippen molar-refractivity contribution in [3.63, 3.8) is 0 Å². The van der Waals surface area contributed by atoms with Crippen LogP contribution in [0.1, 0.15) is 23.8 Å². The van der Waals surface area contributed by atoms with Gasteiger partial charge in [-0.1, -0.05) is 6.92 Å². The molecular weight excluding hydrogens is 248 g/mol. The fraction of sp³-hybridized carbons (Fsp3) is 0.615. The molecule has 1 aromatic rings. The fourth-order valence-electron chi connectivity index (χ4n) is 1.75. The summed E-state index contributed by atoms with van der Waals surface area (Å²) >= 11 is 1.66. The molecule has 4 nitrogen and oxygen atoms in total. The highest BCUT2D eigenvalue weighted by Crippen LogP contribution is 2.14. The molecule has 1 aromatic heterocycles. The summed E-state index contributed by atoms with van der Waals surface area (Å²) in [6.45, 7) is 6.56. The zero-order valence-electron chi connectivity index (χ0n) is 11.1. The van der Waals surface area contributed by atoms with Gasteiger partial charge in [0.15, 0.2) is 0 Å². The number of aliphatic hydroxyl groups is 1. The van der Waals surface area contributed by atoms with Crippen LogP contribution in [0.15, 0.2) is 11.4 Å². The molecule has 102 valence electrons. The minimum Gasteiger partial charge on any atom is -0.395 e. The summed E-state index contributed by atoms with van der Waals surface area (Å²) in [5, 5.41) is 13.9. The summed E-state index contributed by atoms with van der Waals surface area (Å²) in [6, 6.07) is 2.06. The topological polar surface area (TPSA) is 52.6 Å². The van der Waals surface area contributed by atoms with Crippen LogP contribution in [0.2, 0.25) is 0 Å². The number of nitrogens with zero attached hydrogens (tertiary/aromatic N) is 1. The molecule has 0 bridgehead atoms. The minimum absolute atomic E-state index is 0.0182. The van der Waals surface area contributed by atoms with E-state index in [0.29, 0.717) is 19.6 Å². The normalized spacial score (nSPS) is 10.9. The number of nitrogens with one attached hydrogen (secondary N) is 1. The highest BCUT2D eigenvalue weighted by Gasteiger charge is 2.09. The molecule has 0 aliphatic rings. The van der Waals surface area contributed by atoms with Gasteiger partial charge in [0.2, 0.25) is 5.91 Å². The highest BCUT2D eigenvalue weighted by atomic mass is 32.1. The van der Waals surface area contributed by atoms with E-state index >= 15 is 0 Å².